The van der Waals surface area contributed by atoms with Gasteiger partial charge >= 0.3 is 0 Å². The van der Waals surface area contributed by atoms with Gasteiger partial charge in [-0.1, -0.05) is 31.0 Å². The van der Waals surface area contributed by atoms with E-state index in [1.807, 2.05) is 42.5 Å². The quantitative estimate of drug-likeness (QED) is 0.710. The minimum absolute atomic E-state index is 0.472. The normalized spacial score (nSPS) is 19.0. The van der Waals surface area contributed by atoms with Crippen LogP contribution in [0.25, 0.3) is 11.2 Å². The van der Waals surface area contributed by atoms with Gasteiger partial charge in [0.25, 0.3) is 0 Å². The average molecular weight is 372 g/mol. The number of rotatable bonds is 4. The third-order valence-corrected chi connectivity index (χ3v) is 5.11. The van der Waals surface area contributed by atoms with Crippen LogP contribution in [0.15, 0.2) is 48.7 Å². The van der Waals surface area contributed by atoms with Crippen LogP contribution >= 0.6 is 0 Å². The monoisotopic (exact) mass is 372 g/mol. The molecule has 2 atom stereocenters. The van der Waals surface area contributed by atoms with Gasteiger partial charge < -0.3 is 10.1 Å². The highest BCUT2D eigenvalue weighted by Crippen LogP contribution is 2.22. The Morgan fingerprint density at radius 3 is 2.86 bits per heavy atom. The van der Waals surface area contributed by atoms with E-state index in [-0.39, 0.29) is 0 Å². The maximum Gasteiger partial charge on any atom is 0.249 e. The Bertz CT molecular complexity index is 994. The predicted octanol–water partition coefficient (Wildman–Crippen LogP) is 3.58. The molecule has 0 aliphatic carbocycles. The lowest BCUT2D eigenvalue weighted by Gasteiger charge is -2.31. The van der Waals surface area contributed by atoms with Gasteiger partial charge in [-0.3, -0.25) is 0 Å². The van der Waals surface area contributed by atoms with E-state index in [1.165, 1.54) is 12.8 Å². The molecule has 0 spiro atoms. The first-order valence-corrected chi connectivity index (χ1v) is 9.89. The number of piperidine rings is 1. The van der Waals surface area contributed by atoms with Gasteiger partial charge in [-0.2, -0.15) is 0 Å². The molecule has 0 saturated carbocycles. The molecule has 3 heterocycles. The summed E-state index contributed by atoms with van der Waals surface area (Å²) in [4.78, 5) is 13.6. The average Bonchev–Trinajstić information content (AvgIpc) is 2.76. The minimum Gasteiger partial charge on any atom is -0.475 e. The second-order valence-corrected chi connectivity index (χ2v) is 7.02. The molecular formula is C23H24N4O. The standard InChI is InChI=1S/C23H24N4O/c1-2-19-18(10-6-14-24-19)16-28-23-21(13-12-17-8-4-3-5-9-17)26-22-20(27-23)11-7-15-25-22/h3-5,7-9,11,15,18-19,24H,2,6,10,14,16H2,1H3. The van der Waals surface area contributed by atoms with E-state index >= 15 is 0 Å². The number of fused-ring (bicyclic) bond motifs is 1. The molecule has 1 aromatic carbocycles. The van der Waals surface area contributed by atoms with E-state index in [9.17, 15) is 0 Å². The van der Waals surface area contributed by atoms with Crippen LogP contribution in [0.5, 0.6) is 5.88 Å². The minimum atomic E-state index is 0.472. The topological polar surface area (TPSA) is 59.9 Å². The molecule has 1 fully saturated rings. The fourth-order valence-corrected chi connectivity index (χ4v) is 3.60. The number of nitrogens with one attached hydrogen (secondary N) is 1. The van der Waals surface area contributed by atoms with Crippen molar-refractivity contribution in [3.05, 3.63) is 59.9 Å². The smallest absolute Gasteiger partial charge is 0.249 e. The summed E-state index contributed by atoms with van der Waals surface area (Å²) in [6.45, 7) is 3.92. The van der Waals surface area contributed by atoms with E-state index < -0.39 is 0 Å². The van der Waals surface area contributed by atoms with Gasteiger partial charge in [0.05, 0.1) is 6.61 Å². The molecule has 4 rings (SSSR count). The maximum absolute atomic E-state index is 6.16. The SMILES string of the molecule is CCC1NCCCC1COc1nc2cccnc2nc1C#Cc1ccccc1. The van der Waals surface area contributed by atoms with Gasteiger partial charge in [-0.25, -0.2) is 15.0 Å². The summed E-state index contributed by atoms with van der Waals surface area (Å²) in [6.07, 6.45) is 5.16. The van der Waals surface area contributed by atoms with Crippen molar-refractivity contribution < 1.29 is 4.74 Å². The van der Waals surface area contributed by atoms with E-state index in [0.717, 1.165) is 24.0 Å². The van der Waals surface area contributed by atoms with Crippen LogP contribution < -0.4 is 10.1 Å². The molecule has 1 saturated heterocycles. The second-order valence-electron chi connectivity index (χ2n) is 7.02. The maximum atomic E-state index is 6.16. The highest BCUT2D eigenvalue weighted by molar-refractivity contribution is 5.71. The van der Waals surface area contributed by atoms with Gasteiger partial charge in [0.15, 0.2) is 11.3 Å². The lowest BCUT2D eigenvalue weighted by atomic mass is 9.90. The molecule has 0 radical (unpaired) electrons. The summed E-state index contributed by atoms with van der Waals surface area (Å²) in [7, 11) is 0. The third kappa shape index (κ3) is 4.29. The summed E-state index contributed by atoms with van der Waals surface area (Å²) in [5.74, 6) is 7.24. The van der Waals surface area contributed by atoms with Crippen molar-refractivity contribution in [3.8, 4) is 17.7 Å². The van der Waals surface area contributed by atoms with Crippen molar-refractivity contribution >= 4 is 11.2 Å². The first-order chi connectivity index (χ1) is 13.8. The van der Waals surface area contributed by atoms with Crippen LogP contribution in [0.4, 0.5) is 0 Å². The number of hydrogen-bond donors (Lipinski definition) is 1. The van der Waals surface area contributed by atoms with Crippen molar-refractivity contribution in [2.24, 2.45) is 5.92 Å². The first-order valence-electron chi connectivity index (χ1n) is 9.89. The number of benzene rings is 1. The highest BCUT2D eigenvalue weighted by Gasteiger charge is 2.24. The molecule has 2 unspecified atom stereocenters. The number of pyridine rings is 1. The molecule has 0 amide bonds. The first kappa shape index (κ1) is 18.4. The van der Waals surface area contributed by atoms with Gasteiger partial charge in [-0.15, -0.1) is 0 Å². The molecule has 2 aromatic heterocycles. The van der Waals surface area contributed by atoms with Crippen LogP contribution in [-0.2, 0) is 0 Å². The predicted molar refractivity (Wildman–Crippen MR) is 110 cm³/mol. The number of hydrogen-bond acceptors (Lipinski definition) is 5. The number of ether oxygens (including phenoxy) is 1. The fraction of sp³-hybridized carbons (Fsp3) is 0.348. The number of nitrogens with zero attached hydrogens (tertiary/aromatic N) is 3. The molecule has 3 aromatic rings. The molecule has 1 aliphatic rings. The Kier molecular flexibility index (Phi) is 5.79. The molecule has 5 nitrogen and oxygen atoms in total. The van der Waals surface area contributed by atoms with Gasteiger partial charge in [0.2, 0.25) is 5.88 Å². The fourth-order valence-electron chi connectivity index (χ4n) is 3.60. The molecule has 0 bridgehead atoms. The van der Waals surface area contributed by atoms with Crippen LogP contribution in [0, 0.1) is 17.8 Å². The zero-order chi connectivity index (χ0) is 19.2. The third-order valence-electron chi connectivity index (χ3n) is 5.11. The molecule has 5 heteroatoms. The van der Waals surface area contributed by atoms with Crippen LogP contribution in [0.1, 0.15) is 37.4 Å². The second kappa shape index (κ2) is 8.81. The van der Waals surface area contributed by atoms with Crippen LogP contribution in [0.2, 0.25) is 0 Å². The molecule has 28 heavy (non-hydrogen) atoms. The zero-order valence-electron chi connectivity index (χ0n) is 16.1. The highest BCUT2D eigenvalue weighted by atomic mass is 16.5. The lowest BCUT2D eigenvalue weighted by Crippen LogP contribution is -2.43. The summed E-state index contributed by atoms with van der Waals surface area (Å²) < 4.78 is 6.16. The Morgan fingerprint density at radius 2 is 2.00 bits per heavy atom. The zero-order valence-corrected chi connectivity index (χ0v) is 16.1. The van der Waals surface area contributed by atoms with Crippen molar-refractivity contribution in [2.45, 2.75) is 32.2 Å². The Morgan fingerprint density at radius 1 is 1.11 bits per heavy atom. The molecule has 1 N–H and O–H groups in total. The van der Waals surface area contributed by atoms with E-state index in [2.05, 4.69) is 39.0 Å². The summed E-state index contributed by atoms with van der Waals surface area (Å²) in [5.41, 5.74) is 2.76. The van der Waals surface area contributed by atoms with E-state index in [1.54, 1.807) is 6.20 Å². The van der Waals surface area contributed by atoms with Crippen molar-refractivity contribution in [1.82, 2.24) is 20.3 Å². The molecule has 1 aliphatic heterocycles. The van der Waals surface area contributed by atoms with E-state index in [0.29, 0.717) is 35.8 Å². The summed E-state index contributed by atoms with van der Waals surface area (Å²) >= 11 is 0. The number of aromatic nitrogens is 3. The van der Waals surface area contributed by atoms with Crippen LogP contribution in [0.3, 0.4) is 0 Å². The molecular weight excluding hydrogens is 348 g/mol. The summed E-state index contributed by atoms with van der Waals surface area (Å²) in [6, 6.07) is 14.1. The Hall–Kier alpha value is -2.97. The van der Waals surface area contributed by atoms with E-state index in [4.69, 9.17) is 4.74 Å². The lowest BCUT2D eigenvalue weighted by molar-refractivity contribution is 0.168. The summed E-state index contributed by atoms with van der Waals surface area (Å²) in [5, 5.41) is 3.59. The van der Waals surface area contributed by atoms with Crippen LogP contribution in [-0.4, -0.2) is 34.1 Å². The Labute approximate surface area is 165 Å². The van der Waals surface area contributed by atoms with Gasteiger partial charge in [0, 0.05) is 23.7 Å². The van der Waals surface area contributed by atoms with Crippen molar-refractivity contribution in [1.29, 1.82) is 0 Å². The van der Waals surface area contributed by atoms with Crippen molar-refractivity contribution in [3.63, 3.8) is 0 Å². The van der Waals surface area contributed by atoms with Gasteiger partial charge in [-0.05, 0) is 56.0 Å². The Balaban J connectivity index is 1.62. The largest absolute Gasteiger partial charge is 0.475 e. The van der Waals surface area contributed by atoms with Crippen molar-refractivity contribution in [2.75, 3.05) is 13.2 Å². The van der Waals surface area contributed by atoms with Gasteiger partial charge in [0.1, 0.15) is 5.52 Å². The molecule has 142 valence electrons.